The molecule has 0 atom stereocenters. The molecule has 2 aromatic carbocycles. The van der Waals surface area contributed by atoms with Crippen molar-refractivity contribution in [2.24, 2.45) is 0 Å². The molecule has 0 fully saturated rings. The Balaban J connectivity index is 1.64. The highest BCUT2D eigenvalue weighted by Gasteiger charge is 2.25. The number of benzene rings is 2. The van der Waals surface area contributed by atoms with Crippen LogP contribution in [-0.4, -0.2) is 9.97 Å². The van der Waals surface area contributed by atoms with Crippen LogP contribution in [0.5, 0.6) is 0 Å². The molecule has 0 radical (unpaired) electrons. The van der Waals surface area contributed by atoms with E-state index < -0.39 is 0 Å². The number of pyridine rings is 2. The van der Waals surface area contributed by atoms with E-state index in [9.17, 15) is 0 Å². The van der Waals surface area contributed by atoms with Gasteiger partial charge in [-0.05, 0) is 64.4 Å². The highest BCUT2D eigenvalue weighted by atomic mass is 32.1. The molecule has 0 spiro atoms. The van der Waals surface area contributed by atoms with E-state index in [1.54, 1.807) is 0 Å². The maximum atomic E-state index is 4.90. The molecular formula is C28H24N2S. The number of aryl methyl sites for hydroxylation is 2. The lowest BCUT2D eigenvalue weighted by Gasteiger charge is -2.22. The van der Waals surface area contributed by atoms with Crippen LogP contribution in [-0.2, 0) is 18.3 Å². The third-order valence-electron chi connectivity index (χ3n) is 6.37. The van der Waals surface area contributed by atoms with E-state index in [0.29, 0.717) is 0 Å². The summed E-state index contributed by atoms with van der Waals surface area (Å²) in [5, 5.41) is 3.89. The van der Waals surface area contributed by atoms with Gasteiger partial charge in [-0.1, -0.05) is 51.1 Å². The van der Waals surface area contributed by atoms with Gasteiger partial charge in [-0.15, -0.1) is 11.3 Å². The van der Waals surface area contributed by atoms with Gasteiger partial charge in [0, 0.05) is 33.8 Å². The van der Waals surface area contributed by atoms with Gasteiger partial charge in [-0.3, -0.25) is 9.97 Å². The second-order valence-corrected chi connectivity index (χ2v) is 10.5. The van der Waals surface area contributed by atoms with Crippen LogP contribution in [0.2, 0.25) is 0 Å². The molecule has 0 saturated heterocycles. The summed E-state index contributed by atoms with van der Waals surface area (Å²) in [6.45, 7) is 6.87. The van der Waals surface area contributed by atoms with E-state index in [0.717, 1.165) is 24.2 Å². The molecule has 0 N–H and O–H groups in total. The topological polar surface area (TPSA) is 25.8 Å². The Morgan fingerprint density at radius 2 is 1.65 bits per heavy atom. The first-order valence-electron chi connectivity index (χ1n) is 10.9. The van der Waals surface area contributed by atoms with E-state index >= 15 is 0 Å². The molecule has 6 rings (SSSR count). The Hall–Kier alpha value is -3.04. The van der Waals surface area contributed by atoms with Crippen LogP contribution in [0.3, 0.4) is 0 Å². The fourth-order valence-electron chi connectivity index (χ4n) is 4.90. The first-order chi connectivity index (χ1) is 15.0. The van der Waals surface area contributed by atoms with Crippen molar-refractivity contribution in [3.63, 3.8) is 0 Å². The number of nitrogens with zero attached hydrogens (tertiary/aromatic N) is 2. The molecular weight excluding hydrogens is 396 g/mol. The highest BCUT2D eigenvalue weighted by molar-refractivity contribution is 7.20. The molecule has 0 saturated carbocycles. The normalized spacial score (nSPS) is 13.4. The zero-order chi connectivity index (χ0) is 21.2. The molecule has 0 bridgehead atoms. The van der Waals surface area contributed by atoms with Gasteiger partial charge in [0.25, 0.3) is 0 Å². The first-order valence-corrected chi connectivity index (χ1v) is 11.7. The SMILES string of the molecule is CC(C)(C)c1cc(-c2nccc3c4c(sc23)CCc2cccnc2-4)cc2ccccc12. The zero-order valence-corrected chi connectivity index (χ0v) is 18.9. The third-order valence-corrected chi connectivity index (χ3v) is 7.64. The van der Waals surface area contributed by atoms with Crippen LogP contribution in [0.25, 0.3) is 43.4 Å². The molecule has 0 unspecified atom stereocenters. The molecule has 1 aliphatic carbocycles. The van der Waals surface area contributed by atoms with Gasteiger partial charge in [0.15, 0.2) is 0 Å². The van der Waals surface area contributed by atoms with Gasteiger partial charge in [-0.25, -0.2) is 0 Å². The smallest absolute Gasteiger partial charge is 0.0880 e. The molecule has 5 aromatic rings. The fourth-order valence-corrected chi connectivity index (χ4v) is 6.20. The number of hydrogen-bond acceptors (Lipinski definition) is 3. The lowest BCUT2D eigenvalue weighted by molar-refractivity contribution is 0.596. The molecule has 0 amide bonds. The second kappa shape index (κ2) is 6.73. The van der Waals surface area contributed by atoms with Crippen molar-refractivity contribution in [3.8, 4) is 22.5 Å². The largest absolute Gasteiger partial charge is 0.256 e. The average molecular weight is 421 g/mol. The maximum Gasteiger partial charge on any atom is 0.0880 e. The van der Waals surface area contributed by atoms with E-state index in [4.69, 9.17) is 9.97 Å². The van der Waals surface area contributed by atoms with Gasteiger partial charge in [-0.2, -0.15) is 0 Å². The third kappa shape index (κ3) is 2.91. The summed E-state index contributed by atoms with van der Waals surface area (Å²) >= 11 is 1.90. The summed E-state index contributed by atoms with van der Waals surface area (Å²) in [5.41, 5.74) is 7.55. The minimum atomic E-state index is 0.0566. The van der Waals surface area contributed by atoms with Crippen LogP contribution in [0.15, 0.2) is 67.0 Å². The van der Waals surface area contributed by atoms with Crippen molar-refractivity contribution in [1.82, 2.24) is 9.97 Å². The predicted molar refractivity (Wildman–Crippen MR) is 132 cm³/mol. The minimum Gasteiger partial charge on any atom is -0.256 e. The fraction of sp³-hybridized carbons (Fsp3) is 0.214. The quantitative estimate of drug-likeness (QED) is 0.279. The summed E-state index contributed by atoms with van der Waals surface area (Å²) in [4.78, 5) is 11.1. The summed E-state index contributed by atoms with van der Waals surface area (Å²) in [6, 6.07) is 19.8. The van der Waals surface area contributed by atoms with E-state index in [2.05, 4.69) is 75.4 Å². The molecule has 3 aromatic heterocycles. The van der Waals surface area contributed by atoms with Crippen molar-refractivity contribution in [1.29, 1.82) is 0 Å². The number of thiophene rings is 1. The van der Waals surface area contributed by atoms with Gasteiger partial charge in [0.1, 0.15) is 0 Å². The number of hydrogen-bond donors (Lipinski definition) is 0. The van der Waals surface area contributed by atoms with Crippen molar-refractivity contribution in [2.45, 2.75) is 39.0 Å². The molecule has 3 heterocycles. The van der Waals surface area contributed by atoms with Crippen LogP contribution < -0.4 is 0 Å². The monoisotopic (exact) mass is 420 g/mol. The van der Waals surface area contributed by atoms with Crippen molar-refractivity contribution in [3.05, 3.63) is 83.0 Å². The molecule has 31 heavy (non-hydrogen) atoms. The van der Waals surface area contributed by atoms with Crippen molar-refractivity contribution < 1.29 is 0 Å². The van der Waals surface area contributed by atoms with E-state index in [1.165, 1.54) is 48.0 Å². The lowest BCUT2D eigenvalue weighted by atomic mass is 9.82. The number of fused-ring (bicyclic) bond motifs is 6. The molecule has 2 nitrogen and oxygen atoms in total. The standard InChI is InChI=1S/C28H24N2S/c1-28(2,3)22-16-19(15-18-7-4-5-9-20(18)22)26-27-21(12-14-30-26)24-23(31-27)11-10-17-8-6-13-29-25(17)24/h4-9,12-16H,10-11H2,1-3H3. The maximum absolute atomic E-state index is 4.90. The van der Waals surface area contributed by atoms with E-state index in [1.807, 2.05) is 23.7 Å². The lowest BCUT2D eigenvalue weighted by Crippen LogP contribution is -2.12. The van der Waals surface area contributed by atoms with Gasteiger partial charge >= 0.3 is 0 Å². The Labute approximate surface area is 186 Å². The molecule has 1 aliphatic rings. The molecule has 152 valence electrons. The van der Waals surface area contributed by atoms with Crippen molar-refractivity contribution in [2.75, 3.05) is 0 Å². The van der Waals surface area contributed by atoms with Crippen LogP contribution in [0, 0.1) is 0 Å². The first kappa shape index (κ1) is 18.7. The van der Waals surface area contributed by atoms with Crippen molar-refractivity contribution >= 4 is 32.2 Å². The Kier molecular flexibility index (Phi) is 4.06. The van der Waals surface area contributed by atoms with E-state index in [-0.39, 0.29) is 5.41 Å². The second-order valence-electron chi connectivity index (χ2n) is 9.44. The summed E-state index contributed by atoms with van der Waals surface area (Å²) < 4.78 is 1.28. The van der Waals surface area contributed by atoms with Gasteiger partial charge in [0.05, 0.1) is 16.1 Å². The van der Waals surface area contributed by atoms with Crippen LogP contribution in [0.4, 0.5) is 0 Å². The Bertz CT molecular complexity index is 1470. The van der Waals surface area contributed by atoms with Crippen LogP contribution >= 0.6 is 11.3 Å². The molecule has 0 aliphatic heterocycles. The summed E-state index contributed by atoms with van der Waals surface area (Å²) in [5.74, 6) is 0. The minimum absolute atomic E-state index is 0.0566. The van der Waals surface area contributed by atoms with Gasteiger partial charge in [0.2, 0.25) is 0 Å². The molecule has 3 heteroatoms. The number of rotatable bonds is 1. The summed E-state index contributed by atoms with van der Waals surface area (Å²) in [7, 11) is 0. The van der Waals surface area contributed by atoms with Gasteiger partial charge < -0.3 is 0 Å². The highest BCUT2D eigenvalue weighted by Crippen LogP contribution is 2.46. The zero-order valence-electron chi connectivity index (χ0n) is 18.1. The Morgan fingerprint density at radius 3 is 2.52 bits per heavy atom. The average Bonchev–Trinajstić information content (AvgIpc) is 3.17. The summed E-state index contributed by atoms with van der Waals surface area (Å²) in [6.07, 6.45) is 6.03. The Morgan fingerprint density at radius 1 is 0.806 bits per heavy atom. The number of aromatic nitrogens is 2. The van der Waals surface area contributed by atoms with Crippen LogP contribution in [0.1, 0.15) is 36.8 Å². The predicted octanol–water partition coefficient (Wildman–Crippen LogP) is 7.57.